The predicted octanol–water partition coefficient (Wildman–Crippen LogP) is 4.27. The average Bonchev–Trinajstić information content (AvgIpc) is 3.07. The van der Waals surface area contributed by atoms with Crippen LogP contribution in [-0.4, -0.2) is 52.2 Å². The molecule has 0 spiro atoms. The Kier molecular flexibility index (Phi) is 7.08. The van der Waals surface area contributed by atoms with Crippen LogP contribution in [0.1, 0.15) is 26.0 Å². The highest BCUT2D eigenvalue weighted by Gasteiger charge is 2.31. The van der Waals surface area contributed by atoms with E-state index >= 15 is 0 Å². The lowest BCUT2D eigenvalue weighted by atomic mass is 10.3. The number of aromatic nitrogens is 2. The Hall–Kier alpha value is -1.58. The molecule has 0 fully saturated rings. The molecule has 26 heavy (non-hydrogen) atoms. The third-order valence-corrected chi connectivity index (χ3v) is 4.61. The molecule has 0 aromatic carbocycles. The number of hydrogen-bond acceptors (Lipinski definition) is 5. The highest BCUT2D eigenvalue weighted by Crippen LogP contribution is 2.22. The SMILES string of the molecule is CC(C)N(CCCOC(=O)/C=C/c1c(Cl)nc2sccn12)CC(F)(F)F. The van der Waals surface area contributed by atoms with Gasteiger partial charge in [0.05, 0.1) is 18.8 Å². The van der Waals surface area contributed by atoms with Gasteiger partial charge in [0.2, 0.25) is 0 Å². The fourth-order valence-corrected chi connectivity index (χ4v) is 3.32. The third kappa shape index (κ3) is 6.00. The number of halogens is 4. The van der Waals surface area contributed by atoms with Gasteiger partial charge in [-0.15, -0.1) is 11.3 Å². The summed E-state index contributed by atoms with van der Waals surface area (Å²) < 4.78 is 44.3. The van der Waals surface area contributed by atoms with Crippen LogP contribution in [0.25, 0.3) is 11.0 Å². The van der Waals surface area contributed by atoms with E-state index in [0.29, 0.717) is 17.1 Å². The van der Waals surface area contributed by atoms with Gasteiger partial charge in [-0.1, -0.05) is 11.6 Å². The second kappa shape index (κ2) is 8.88. The monoisotopic (exact) mass is 409 g/mol. The first kappa shape index (κ1) is 20.7. The van der Waals surface area contributed by atoms with Crippen LogP contribution in [0.15, 0.2) is 17.7 Å². The molecule has 0 unspecified atom stereocenters. The molecule has 2 rings (SSSR count). The number of ether oxygens (including phenoxy) is 1. The molecule has 0 saturated carbocycles. The van der Waals surface area contributed by atoms with Crippen molar-refractivity contribution in [3.05, 3.63) is 28.5 Å². The second-order valence-electron chi connectivity index (χ2n) is 5.88. The summed E-state index contributed by atoms with van der Waals surface area (Å²) in [5, 5.41) is 2.12. The number of thiazole rings is 1. The van der Waals surface area contributed by atoms with Crippen molar-refractivity contribution in [2.45, 2.75) is 32.5 Å². The van der Waals surface area contributed by atoms with Crippen LogP contribution in [-0.2, 0) is 9.53 Å². The fourth-order valence-electron chi connectivity index (χ4n) is 2.31. The summed E-state index contributed by atoms with van der Waals surface area (Å²) in [5.41, 5.74) is 0.566. The quantitative estimate of drug-likeness (QED) is 0.371. The molecule has 10 heteroatoms. The van der Waals surface area contributed by atoms with E-state index in [-0.39, 0.29) is 24.3 Å². The molecule has 0 bridgehead atoms. The largest absolute Gasteiger partial charge is 0.462 e. The Balaban J connectivity index is 1.80. The van der Waals surface area contributed by atoms with Crippen molar-refractivity contribution < 1.29 is 22.7 Å². The number of esters is 1. The Morgan fingerprint density at radius 1 is 1.50 bits per heavy atom. The first-order valence-corrected chi connectivity index (χ1v) is 9.20. The van der Waals surface area contributed by atoms with E-state index in [1.54, 1.807) is 24.4 Å². The molecule has 0 aliphatic heterocycles. The number of hydrogen-bond donors (Lipinski definition) is 0. The maximum Gasteiger partial charge on any atom is 0.401 e. The summed E-state index contributed by atoms with van der Waals surface area (Å²) in [6.07, 6.45) is 0.576. The van der Waals surface area contributed by atoms with Gasteiger partial charge in [0.1, 0.15) is 0 Å². The summed E-state index contributed by atoms with van der Waals surface area (Å²) in [4.78, 5) is 17.9. The Morgan fingerprint density at radius 2 is 2.23 bits per heavy atom. The molecular formula is C16H19ClF3N3O2S. The summed E-state index contributed by atoms with van der Waals surface area (Å²) in [6.45, 7) is 2.65. The van der Waals surface area contributed by atoms with Gasteiger partial charge in [-0.05, 0) is 26.3 Å². The second-order valence-corrected chi connectivity index (χ2v) is 7.11. The maximum absolute atomic E-state index is 12.5. The lowest BCUT2D eigenvalue weighted by Crippen LogP contribution is -2.40. The molecule has 2 heterocycles. The van der Waals surface area contributed by atoms with Gasteiger partial charge >= 0.3 is 12.1 Å². The van der Waals surface area contributed by atoms with Gasteiger partial charge in [-0.25, -0.2) is 9.78 Å². The van der Waals surface area contributed by atoms with E-state index in [2.05, 4.69) is 4.98 Å². The first-order chi connectivity index (χ1) is 12.2. The summed E-state index contributed by atoms with van der Waals surface area (Å²) in [7, 11) is 0. The van der Waals surface area contributed by atoms with Crippen molar-refractivity contribution >= 4 is 39.9 Å². The molecule has 5 nitrogen and oxygen atoms in total. The minimum absolute atomic E-state index is 0.0399. The molecule has 2 aromatic rings. The number of fused-ring (bicyclic) bond motifs is 1. The lowest BCUT2D eigenvalue weighted by Gasteiger charge is -2.27. The van der Waals surface area contributed by atoms with Crippen LogP contribution in [0.3, 0.4) is 0 Å². The number of carbonyl (C=O) groups is 1. The van der Waals surface area contributed by atoms with Crippen LogP contribution < -0.4 is 0 Å². The van der Waals surface area contributed by atoms with Crippen LogP contribution in [0.5, 0.6) is 0 Å². The average molecular weight is 410 g/mol. The number of alkyl halides is 3. The maximum atomic E-state index is 12.5. The topological polar surface area (TPSA) is 46.8 Å². The molecule has 0 saturated heterocycles. The van der Waals surface area contributed by atoms with E-state index in [0.717, 1.165) is 0 Å². The van der Waals surface area contributed by atoms with Crippen LogP contribution in [0, 0.1) is 0 Å². The molecule has 0 N–H and O–H groups in total. The number of imidazole rings is 1. The highest BCUT2D eigenvalue weighted by molar-refractivity contribution is 7.15. The van der Waals surface area contributed by atoms with Gasteiger partial charge in [0.25, 0.3) is 0 Å². The van der Waals surface area contributed by atoms with Crippen molar-refractivity contribution in [1.29, 1.82) is 0 Å². The van der Waals surface area contributed by atoms with Gasteiger partial charge in [-0.2, -0.15) is 13.2 Å². The number of nitrogens with zero attached hydrogens (tertiary/aromatic N) is 3. The third-order valence-electron chi connectivity index (χ3n) is 3.58. The van der Waals surface area contributed by atoms with Crippen LogP contribution in [0.4, 0.5) is 13.2 Å². The summed E-state index contributed by atoms with van der Waals surface area (Å²) in [6, 6.07) is -0.246. The predicted molar refractivity (Wildman–Crippen MR) is 95.5 cm³/mol. The number of rotatable bonds is 8. The molecule has 0 amide bonds. The first-order valence-electron chi connectivity index (χ1n) is 7.94. The van der Waals surface area contributed by atoms with Crippen LogP contribution >= 0.6 is 22.9 Å². The van der Waals surface area contributed by atoms with Crippen molar-refractivity contribution in [1.82, 2.24) is 14.3 Å². The lowest BCUT2D eigenvalue weighted by molar-refractivity contribution is -0.151. The van der Waals surface area contributed by atoms with Gasteiger partial charge < -0.3 is 4.74 Å². The molecule has 0 aliphatic carbocycles. The Bertz CT molecular complexity index is 770. The van der Waals surface area contributed by atoms with Crippen LogP contribution in [0.2, 0.25) is 5.15 Å². The zero-order valence-electron chi connectivity index (χ0n) is 14.3. The standard InChI is InChI=1S/C16H19ClF3N3O2S/c1-11(2)22(10-16(18,19)20)6-3-8-25-13(24)5-4-12-14(17)21-15-23(12)7-9-26-15/h4-5,7,9,11H,3,6,8,10H2,1-2H3/b5-4+. The zero-order chi connectivity index (χ0) is 19.3. The molecule has 144 valence electrons. The molecule has 0 aliphatic rings. The zero-order valence-corrected chi connectivity index (χ0v) is 15.9. The fraction of sp³-hybridized carbons (Fsp3) is 0.500. The van der Waals surface area contributed by atoms with Crippen molar-refractivity contribution in [3.63, 3.8) is 0 Å². The van der Waals surface area contributed by atoms with Crippen molar-refractivity contribution in [3.8, 4) is 0 Å². The highest BCUT2D eigenvalue weighted by atomic mass is 35.5. The summed E-state index contributed by atoms with van der Waals surface area (Å²) >= 11 is 7.43. The van der Waals surface area contributed by atoms with E-state index in [4.69, 9.17) is 16.3 Å². The molecule has 2 aromatic heterocycles. The van der Waals surface area contributed by atoms with Crippen molar-refractivity contribution in [2.75, 3.05) is 19.7 Å². The normalized spacial score (nSPS) is 12.8. The minimum Gasteiger partial charge on any atom is -0.462 e. The number of carbonyl (C=O) groups excluding carboxylic acids is 1. The molecule has 0 atom stereocenters. The Labute approximate surface area is 158 Å². The van der Waals surface area contributed by atoms with E-state index < -0.39 is 18.7 Å². The molecule has 0 radical (unpaired) electrons. The van der Waals surface area contributed by atoms with E-state index in [9.17, 15) is 18.0 Å². The smallest absolute Gasteiger partial charge is 0.401 e. The van der Waals surface area contributed by atoms with Crippen molar-refractivity contribution in [2.24, 2.45) is 0 Å². The van der Waals surface area contributed by atoms with Gasteiger partial charge in [-0.3, -0.25) is 9.30 Å². The van der Waals surface area contributed by atoms with Gasteiger partial charge in [0, 0.05) is 30.2 Å². The minimum atomic E-state index is -4.25. The van der Waals surface area contributed by atoms with E-state index in [1.165, 1.54) is 28.4 Å². The summed E-state index contributed by atoms with van der Waals surface area (Å²) in [5.74, 6) is -0.585. The van der Waals surface area contributed by atoms with Gasteiger partial charge in [0.15, 0.2) is 10.1 Å². The van der Waals surface area contributed by atoms with E-state index in [1.807, 2.05) is 5.38 Å². The molecular weight excluding hydrogens is 391 g/mol. The Morgan fingerprint density at radius 3 is 2.88 bits per heavy atom.